The van der Waals surface area contributed by atoms with Crippen LogP contribution in [0.15, 0.2) is 22.7 Å². The number of benzene rings is 1. The summed E-state index contributed by atoms with van der Waals surface area (Å²) >= 11 is 3.10. The molecule has 1 atom stereocenters. The summed E-state index contributed by atoms with van der Waals surface area (Å²) in [5.41, 5.74) is 0.0391. The van der Waals surface area contributed by atoms with Crippen molar-refractivity contribution < 1.29 is 18.7 Å². The number of hydrogen-bond acceptors (Lipinski definition) is 3. The van der Waals surface area contributed by atoms with Gasteiger partial charge < -0.3 is 10.1 Å². The molecule has 0 aliphatic heterocycles. The third-order valence-corrected chi connectivity index (χ3v) is 2.39. The largest absolute Gasteiger partial charge is 0.453 e. The Morgan fingerprint density at radius 3 is 2.65 bits per heavy atom. The van der Waals surface area contributed by atoms with Crippen LogP contribution in [0.2, 0.25) is 0 Å². The molecule has 0 fully saturated rings. The standard InChI is InChI=1S/C11H11BrFNO3/c1-6(17-7(2)15)11(16)14-10-4-3-8(12)5-9(10)13/h3-6H,1-2H3,(H,14,16)/t6-/m1/s1. The summed E-state index contributed by atoms with van der Waals surface area (Å²) in [5.74, 6) is -1.71. The van der Waals surface area contributed by atoms with Crippen molar-refractivity contribution in [3.63, 3.8) is 0 Å². The predicted octanol–water partition coefficient (Wildman–Crippen LogP) is 2.48. The molecule has 0 aromatic heterocycles. The molecule has 1 rings (SSSR count). The highest BCUT2D eigenvalue weighted by atomic mass is 79.9. The van der Waals surface area contributed by atoms with Gasteiger partial charge in [0.2, 0.25) is 0 Å². The number of rotatable bonds is 3. The number of carbonyl (C=O) groups excluding carboxylic acids is 2. The summed E-state index contributed by atoms with van der Waals surface area (Å²) in [6, 6.07) is 4.24. The second-order valence-electron chi connectivity index (χ2n) is 3.37. The van der Waals surface area contributed by atoms with Crippen LogP contribution in [0.5, 0.6) is 0 Å². The van der Waals surface area contributed by atoms with Gasteiger partial charge in [-0.15, -0.1) is 0 Å². The zero-order chi connectivity index (χ0) is 13.0. The van der Waals surface area contributed by atoms with E-state index >= 15 is 0 Å². The Balaban J connectivity index is 2.71. The third kappa shape index (κ3) is 4.14. The molecule has 1 aromatic carbocycles. The number of ether oxygens (including phenoxy) is 1. The second-order valence-corrected chi connectivity index (χ2v) is 4.28. The lowest BCUT2D eigenvalue weighted by atomic mass is 10.3. The first kappa shape index (κ1) is 13.6. The van der Waals surface area contributed by atoms with E-state index in [-0.39, 0.29) is 5.69 Å². The number of anilines is 1. The number of esters is 1. The van der Waals surface area contributed by atoms with Crippen LogP contribution in [0.1, 0.15) is 13.8 Å². The summed E-state index contributed by atoms with van der Waals surface area (Å²) in [5, 5.41) is 2.33. The molecule has 4 nitrogen and oxygen atoms in total. The first-order valence-electron chi connectivity index (χ1n) is 4.83. The van der Waals surface area contributed by atoms with Crippen LogP contribution >= 0.6 is 15.9 Å². The van der Waals surface area contributed by atoms with Crippen LogP contribution < -0.4 is 5.32 Å². The molecular weight excluding hydrogens is 293 g/mol. The number of carbonyl (C=O) groups is 2. The Hall–Kier alpha value is -1.43. The molecule has 1 N–H and O–H groups in total. The monoisotopic (exact) mass is 303 g/mol. The van der Waals surface area contributed by atoms with Gasteiger partial charge in [0.1, 0.15) is 5.82 Å². The van der Waals surface area contributed by atoms with Gasteiger partial charge in [-0.25, -0.2) is 4.39 Å². The fraction of sp³-hybridized carbons (Fsp3) is 0.273. The molecule has 6 heteroatoms. The number of hydrogen-bond donors (Lipinski definition) is 1. The highest BCUT2D eigenvalue weighted by Gasteiger charge is 2.17. The van der Waals surface area contributed by atoms with Gasteiger partial charge in [0.15, 0.2) is 6.10 Å². The smallest absolute Gasteiger partial charge is 0.303 e. The van der Waals surface area contributed by atoms with E-state index in [1.165, 1.54) is 26.0 Å². The van der Waals surface area contributed by atoms with E-state index in [0.29, 0.717) is 4.47 Å². The molecule has 1 amide bonds. The van der Waals surface area contributed by atoms with Gasteiger partial charge in [-0.3, -0.25) is 9.59 Å². The first-order valence-corrected chi connectivity index (χ1v) is 5.62. The Bertz CT molecular complexity index is 450. The van der Waals surface area contributed by atoms with Crippen molar-refractivity contribution in [2.45, 2.75) is 20.0 Å². The molecule has 0 bridgehead atoms. The molecule has 0 unspecified atom stereocenters. The predicted molar refractivity (Wildman–Crippen MR) is 64.0 cm³/mol. The molecule has 0 saturated carbocycles. The summed E-state index contributed by atoms with van der Waals surface area (Å²) in [6.07, 6.45) is -0.962. The summed E-state index contributed by atoms with van der Waals surface area (Å²) in [4.78, 5) is 22.2. The SMILES string of the molecule is CC(=O)O[C@H](C)C(=O)Nc1ccc(Br)cc1F. The molecule has 0 heterocycles. The van der Waals surface area contributed by atoms with E-state index in [1.54, 1.807) is 6.07 Å². The van der Waals surface area contributed by atoms with Crippen LogP contribution in [0.3, 0.4) is 0 Å². The zero-order valence-electron chi connectivity index (χ0n) is 9.29. The topological polar surface area (TPSA) is 55.4 Å². The van der Waals surface area contributed by atoms with Crippen LogP contribution in [0, 0.1) is 5.82 Å². The maximum atomic E-state index is 13.4. The van der Waals surface area contributed by atoms with E-state index < -0.39 is 23.8 Å². The fourth-order valence-corrected chi connectivity index (χ4v) is 1.46. The van der Waals surface area contributed by atoms with Gasteiger partial charge in [0.25, 0.3) is 5.91 Å². The molecule has 0 aliphatic rings. The Morgan fingerprint density at radius 1 is 1.47 bits per heavy atom. The maximum Gasteiger partial charge on any atom is 0.303 e. The number of nitrogens with one attached hydrogen (secondary N) is 1. The van der Waals surface area contributed by atoms with E-state index in [2.05, 4.69) is 26.0 Å². The van der Waals surface area contributed by atoms with Gasteiger partial charge in [-0.05, 0) is 25.1 Å². The van der Waals surface area contributed by atoms with Crippen LogP contribution in [-0.2, 0) is 14.3 Å². The minimum Gasteiger partial charge on any atom is -0.453 e. The van der Waals surface area contributed by atoms with Gasteiger partial charge in [0, 0.05) is 11.4 Å². The highest BCUT2D eigenvalue weighted by Crippen LogP contribution is 2.19. The second kappa shape index (κ2) is 5.77. The van der Waals surface area contributed by atoms with Gasteiger partial charge in [-0.1, -0.05) is 15.9 Å². The molecule has 0 saturated heterocycles. The lowest BCUT2D eigenvalue weighted by Gasteiger charge is -2.12. The molecular formula is C11H11BrFNO3. The molecule has 1 aromatic rings. The van der Waals surface area contributed by atoms with Crippen LogP contribution in [0.4, 0.5) is 10.1 Å². The van der Waals surface area contributed by atoms with E-state index in [9.17, 15) is 14.0 Å². The van der Waals surface area contributed by atoms with Crippen molar-refractivity contribution in [1.82, 2.24) is 0 Å². The van der Waals surface area contributed by atoms with Crippen molar-refractivity contribution >= 4 is 33.5 Å². The minimum absolute atomic E-state index is 0.0391. The minimum atomic E-state index is -0.962. The van der Waals surface area contributed by atoms with E-state index in [1.807, 2.05) is 0 Å². The summed E-state index contributed by atoms with van der Waals surface area (Å²) in [7, 11) is 0. The normalized spacial score (nSPS) is 11.8. The zero-order valence-corrected chi connectivity index (χ0v) is 10.9. The van der Waals surface area contributed by atoms with Crippen molar-refractivity contribution in [2.75, 3.05) is 5.32 Å². The van der Waals surface area contributed by atoms with Gasteiger partial charge in [0.05, 0.1) is 5.69 Å². The first-order chi connectivity index (χ1) is 7.90. The summed E-state index contributed by atoms with van der Waals surface area (Å²) < 4.78 is 18.6. The Morgan fingerprint density at radius 2 is 2.12 bits per heavy atom. The summed E-state index contributed by atoms with van der Waals surface area (Å²) in [6.45, 7) is 2.61. The van der Waals surface area contributed by atoms with Crippen molar-refractivity contribution in [1.29, 1.82) is 0 Å². The molecule has 92 valence electrons. The molecule has 0 radical (unpaired) electrons. The number of halogens is 2. The van der Waals surface area contributed by atoms with Crippen LogP contribution in [-0.4, -0.2) is 18.0 Å². The lowest BCUT2D eigenvalue weighted by Crippen LogP contribution is -2.29. The average Bonchev–Trinajstić information content (AvgIpc) is 2.21. The van der Waals surface area contributed by atoms with E-state index in [0.717, 1.165) is 0 Å². The number of amides is 1. The van der Waals surface area contributed by atoms with E-state index in [4.69, 9.17) is 0 Å². The molecule has 17 heavy (non-hydrogen) atoms. The Kier molecular flexibility index (Phi) is 4.62. The molecule has 0 aliphatic carbocycles. The lowest BCUT2D eigenvalue weighted by molar-refractivity contribution is -0.150. The maximum absolute atomic E-state index is 13.4. The van der Waals surface area contributed by atoms with Crippen molar-refractivity contribution in [3.05, 3.63) is 28.5 Å². The van der Waals surface area contributed by atoms with Crippen molar-refractivity contribution in [2.24, 2.45) is 0 Å². The quantitative estimate of drug-likeness (QED) is 0.873. The van der Waals surface area contributed by atoms with Crippen molar-refractivity contribution in [3.8, 4) is 0 Å². The fourth-order valence-electron chi connectivity index (χ4n) is 1.13. The third-order valence-electron chi connectivity index (χ3n) is 1.90. The Labute approximate surface area is 106 Å². The van der Waals surface area contributed by atoms with Gasteiger partial charge in [-0.2, -0.15) is 0 Å². The van der Waals surface area contributed by atoms with Crippen LogP contribution in [0.25, 0.3) is 0 Å². The average molecular weight is 304 g/mol. The van der Waals surface area contributed by atoms with Gasteiger partial charge >= 0.3 is 5.97 Å². The highest BCUT2D eigenvalue weighted by molar-refractivity contribution is 9.10. The molecule has 0 spiro atoms.